The molecule has 0 rings (SSSR count). The van der Waals surface area contributed by atoms with E-state index in [0.29, 0.717) is 12.8 Å². The Morgan fingerprint density at radius 3 is 1.58 bits per heavy atom. The minimum Gasteiger partial charge on any atom is -0.481 e. The van der Waals surface area contributed by atoms with Gasteiger partial charge in [0.05, 0.1) is 5.41 Å². The van der Waals surface area contributed by atoms with Gasteiger partial charge in [-0.2, -0.15) is 22.0 Å². The zero-order chi connectivity index (χ0) is 20.3. The first-order chi connectivity index (χ1) is 12.0. The van der Waals surface area contributed by atoms with Crippen molar-refractivity contribution in [2.75, 3.05) is 0 Å². The molecule has 0 aliphatic rings. The average Bonchev–Trinajstić information content (AvgIpc) is 2.54. The molecule has 1 unspecified atom stereocenters. The van der Waals surface area contributed by atoms with Gasteiger partial charge in [0.2, 0.25) is 0 Å². The third kappa shape index (κ3) is 8.67. The molecule has 0 radical (unpaired) electrons. The number of carbonyl (C=O) groups is 1. The van der Waals surface area contributed by atoms with Crippen LogP contribution in [0.15, 0.2) is 0 Å². The molecule has 0 spiro atoms. The van der Waals surface area contributed by atoms with Crippen LogP contribution in [0.2, 0.25) is 0 Å². The lowest BCUT2D eigenvalue weighted by atomic mass is 9.75. The van der Waals surface area contributed by atoms with Crippen molar-refractivity contribution in [1.82, 2.24) is 0 Å². The van der Waals surface area contributed by atoms with E-state index in [1.165, 1.54) is 12.8 Å². The Kier molecular flexibility index (Phi) is 11.4. The second-order valence-corrected chi connectivity index (χ2v) is 7.22. The quantitative estimate of drug-likeness (QED) is 0.235. The molecule has 0 aromatic carbocycles. The van der Waals surface area contributed by atoms with Gasteiger partial charge in [0, 0.05) is 6.42 Å². The minimum absolute atomic E-state index is 0.0578. The summed E-state index contributed by atoms with van der Waals surface area (Å²) in [7, 11) is 0. The largest absolute Gasteiger partial charge is 0.481 e. The van der Waals surface area contributed by atoms with Crippen LogP contribution in [0.4, 0.5) is 22.0 Å². The molecule has 1 N–H and O–H groups in total. The molecule has 2 nitrogen and oxygen atoms in total. The van der Waals surface area contributed by atoms with Gasteiger partial charge in [-0.25, -0.2) is 0 Å². The summed E-state index contributed by atoms with van der Waals surface area (Å²) in [5.41, 5.74) is -1.02. The molecule has 1 atom stereocenters. The highest BCUT2D eigenvalue weighted by atomic mass is 19.4. The van der Waals surface area contributed by atoms with Gasteiger partial charge in [-0.1, -0.05) is 65.2 Å². The van der Waals surface area contributed by atoms with Gasteiger partial charge in [-0.3, -0.25) is 4.79 Å². The Morgan fingerprint density at radius 2 is 1.15 bits per heavy atom. The van der Waals surface area contributed by atoms with Gasteiger partial charge in [0.25, 0.3) is 0 Å². The Morgan fingerprint density at radius 1 is 0.731 bits per heavy atom. The van der Waals surface area contributed by atoms with E-state index in [9.17, 15) is 31.9 Å². The summed E-state index contributed by atoms with van der Waals surface area (Å²) in [4.78, 5) is 11.7. The van der Waals surface area contributed by atoms with E-state index < -0.39 is 29.9 Å². The molecule has 0 aromatic heterocycles. The summed E-state index contributed by atoms with van der Waals surface area (Å²) in [6, 6.07) is 0. The lowest BCUT2D eigenvalue weighted by Crippen LogP contribution is -2.36. The van der Waals surface area contributed by atoms with Gasteiger partial charge >= 0.3 is 18.1 Å². The summed E-state index contributed by atoms with van der Waals surface area (Å²) in [6.07, 6.45) is 1.18. The summed E-state index contributed by atoms with van der Waals surface area (Å²) < 4.78 is 62.3. The number of aliphatic carboxylic acids is 1. The molecule has 0 aliphatic carbocycles. The van der Waals surface area contributed by atoms with E-state index in [1.54, 1.807) is 6.92 Å². The normalized spacial score (nSPS) is 15.0. The Labute approximate surface area is 153 Å². The van der Waals surface area contributed by atoms with Gasteiger partial charge in [-0.05, 0) is 25.7 Å². The maximum atomic E-state index is 12.9. The van der Waals surface area contributed by atoms with Crippen LogP contribution >= 0.6 is 0 Å². The topological polar surface area (TPSA) is 37.3 Å². The summed E-state index contributed by atoms with van der Waals surface area (Å²) >= 11 is 0. The Bertz CT molecular complexity index is 396. The predicted octanol–water partition coefficient (Wildman–Crippen LogP) is 7.37. The lowest BCUT2D eigenvalue weighted by molar-refractivity contribution is -0.284. The standard InChI is InChI=1S/C19H33F5O2/c1-3-5-6-7-8-9-10-13-17(4-2,16(25)26)14-11-12-15-18(20,21)19(22,23)24/h3-15H2,1-2H3,(H,25,26). The second kappa shape index (κ2) is 11.8. The molecule has 0 heterocycles. The van der Waals surface area contributed by atoms with E-state index in [4.69, 9.17) is 0 Å². The van der Waals surface area contributed by atoms with Gasteiger partial charge in [-0.15, -0.1) is 0 Å². The highest BCUT2D eigenvalue weighted by molar-refractivity contribution is 5.74. The number of halogens is 5. The number of hydrogen-bond acceptors (Lipinski definition) is 1. The van der Waals surface area contributed by atoms with Gasteiger partial charge in [0.15, 0.2) is 0 Å². The van der Waals surface area contributed by atoms with Crippen LogP contribution in [0, 0.1) is 5.41 Å². The zero-order valence-electron chi connectivity index (χ0n) is 15.9. The molecule has 26 heavy (non-hydrogen) atoms. The van der Waals surface area contributed by atoms with E-state index in [0.717, 1.165) is 32.1 Å². The number of carboxylic acids is 1. The number of hydrogen-bond donors (Lipinski definition) is 1. The summed E-state index contributed by atoms with van der Waals surface area (Å²) in [5.74, 6) is -5.68. The number of carboxylic acid groups (broad SMARTS) is 1. The van der Waals surface area contributed by atoms with Crippen molar-refractivity contribution >= 4 is 5.97 Å². The molecule has 0 bridgehead atoms. The Balaban J connectivity index is 4.36. The van der Waals surface area contributed by atoms with Crippen LogP contribution in [0.3, 0.4) is 0 Å². The minimum atomic E-state index is -5.54. The third-order valence-electron chi connectivity index (χ3n) is 5.20. The molecule has 7 heteroatoms. The summed E-state index contributed by atoms with van der Waals surface area (Å²) in [6.45, 7) is 3.87. The van der Waals surface area contributed by atoms with Crippen molar-refractivity contribution in [3.63, 3.8) is 0 Å². The number of unbranched alkanes of at least 4 members (excludes halogenated alkanes) is 7. The van der Waals surface area contributed by atoms with Crippen LogP contribution in [0.5, 0.6) is 0 Å². The van der Waals surface area contributed by atoms with Crippen LogP contribution in [0.1, 0.15) is 97.3 Å². The zero-order valence-corrected chi connectivity index (χ0v) is 15.9. The van der Waals surface area contributed by atoms with Gasteiger partial charge in [0.1, 0.15) is 0 Å². The Hall–Kier alpha value is -0.880. The van der Waals surface area contributed by atoms with Crippen molar-refractivity contribution in [2.45, 2.75) is 109 Å². The fraction of sp³-hybridized carbons (Fsp3) is 0.947. The molecule has 0 fully saturated rings. The molecular formula is C19H33F5O2. The fourth-order valence-electron chi connectivity index (χ4n) is 3.22. The molecule has 0 saturated carbocycles. The van der Waals surface area contributed by atoms with E-state index >= 15 is 0 Å². The van der Waals surface area contributed by atoms with Crippen molar-refractivity contribution in [2.24, 2.45) is 5.41 Å². The van der Waals surface area contributed by atoms with Crippen molar-refractivity contribution in [1.29, 1.82) is 0 Å². The van der Waals surface area contributed by atoms with Crippen molar-refractivity contribution in [3.8, 4) is 0 Å². The molecule has 0 aromatic rings. The van der Waals surface area contributed by atoms with Crippen molar-refractivity contribution < 1.29 is 31.9 Å². The number of rotatable bonds is 15. The highest BCUT2D eigenvalue weighted by Gasteiger charge is 2.56. The summed E-state index contributed by atoms with van der Waals surface area (Å²) in [5, 5.41) is 9.56. The van der Waals surface area contributed by atoms with E-state index in [1.807, 2.05) is 0 Å². The van der Waals surface area contributed by atoms with Crippen LogP contribution in [-0.2, 0) is 4.79 Å². The maximum Gasteiger partial charge on any atom is 0.453 e. The van der Waals surface area contributed by atoms with Crippen molar-refractivity contribution in [3.05, 3.63) is 0 Å². The molecule has 0 saturated heterocycles. The molecular weight excluding hydrogens is 355 g/mol. The lowest BCUT2D eigenvalue weighted by Gasteiger charge is -2.29. The van der Waals surface area contributed by atoms with E-state index in [2.05, 4.69) is 6.92 Å². The third-order valence-corrected chi connectivity index (χ3v) is 5.20. The first-order valence-corrected chi connectivity index (χ1v) is 9.70. The average molecular weight is 388 g/mol. The second-order valence-electron chi connectivity index (χ2n) is 7.22. The molecule has 156 valence electrons. The number of alkyl halides is 5. The molecule has 0 aliphatic heterocycles. The van der Waals surface area contributed by atoms with Crippen LogP contribution in [-0.4, -0.2) is 23.2 Å². The van der Waals surface area contributed by atoms with Crippen LogP contribution < -0.4 is 0 Å². The van der Waals surface area contributed by atoms with E-state index in [-0.39, 0.29) is 19.3 Å². The molecule has 0 amide bonds. The highest BCUT2D eigenvalue weighted by Crippen LogP contribution is 2.41. The predicted molar refractivity (Wildman–Crippen MR) is 92.4 cm³/mol. The van der Waals surface area contributed by atoms with Gasteiger partial charge < -0.3 is 5.11 Å². The smallest absolute Gasteiger partial charge is 0.453 e. The SMILES string of the molecule is CCCCCCCCCC(CC)(CCCCC(F)(F)C(F)(F)F)C(=O)O. The first-order valence-electron chi connectivity index (χ1n) is 9.70. The maximum absolute atomic E-state index is 12.9. The first kappa shape index (κ1) is 25.1. The van der Waals surface area contributed by atoms with Crippen LogP contribution in [0.25, 0.3) is 0 Å². The monoisotopic (exact) mass is 388 g/mol. The fourth-order valence-corrected chi connectivity index (χ4v) is 3.22.